The smallest absolute Gasteiger partial charge is 0.269 e. The summed E-state index contributed by atoms with van der Waals surface area (Å²) in [6, 6.07) is 27.9. The van der Waals surface area contributed by atoms with Gasteiger partial charge < -0.3 is 57.1 Å². The number of amides is 2. The minimum Gasteiger partial charge on any atom is -0.379 e. The lowest BCUT2D eigenvalue weighted by Gasteiger charge is -2.26. The molecule has 23 nitrogen and oxygen atoms in total. The Morgan fingerprint density at radius 2 is 0.950 bits per heavy atom. The molecule has 0 spiro atoms. The van der Waals surface area contributed by atoms with Crippen molar-refractivity contribution in [1.29, 1.82) is 0 Å². The highest BCUT2D eigenvalue weighted by molar-refractivity contribution is 7.81. The topological polar surface area (TPSA) is 265 Å². The van der Waals surface area contributed by atoms with Gasteiger partial charge in [0.15, 0.2) is 0 Å². The van der Waals surface area contributed by atoms with Crippen LogP contribution in [0.2, 0.25) is 0 Å². The van der Waals surface area contributed by atoms with Crippen LogP contribution in [0.1, 0.15) is 83.4 Å². The average molecular weight is 1400 g/mol. The summed E-state index contributed by atoms with van der Waals surface area (Å²) in [5.41, 5.74) is 21.6. The molecule has 1 fully saturated rings. The van der Waals surface area contributed by atoms with Crippen LogP contribution in [0, 0.1) is 41.5 Å². The number of rotatable bonds is 18. The van der Waals surface area contributed by atoms with Crippen LogP contribution in [0.3, 0.4) is 0 Å². The minimum absolute atomic E-state index is 0.186. The Hall–Kier alpha value is -9.80. The minimum atomic E-state index is -0.192. The molecule has 0 aliphatic carbocycles. The number of carbonyl (C=O) groups is 2. The molecule has 0 atom stereocenters. The Bertz CT molecular complexity index is 4560. The van der Waals surface area contributed by atoms with Crippen LogP contribution in [0.25, 0.3) is 33.8 Å². The largest absolute Gasteiger partial charge is 0.379 e. The second-order valence-corrected chi connectivity index (χ2v) is 27.2. The highest BCUT2D eigenvalue weighted by Gasteiger charge is 2.24. The highest BCUT2D eigenvalue weighted by Crippen LogP contribution is 2.38. The van der Waals surface area contributed by atoms with Gasteiger partial charge in [-0.05, 0) is 160 Å². The molecule has 6 aromatic heterocycles. The molecule has 2 amide bonds. The summed E-state index contributed by atoms with van der Waals surface area (Å²) in [7, 11) is 8.11. The van der Waals surface area contributed by atoms with Gasteiger partial charge in [0, 0.05) is 134 Å². The van der Waals surface area contributed by atoms with E-state index in [1.54, 1.807) is 12.1 Å². The number of ether oxygens (including phenoxy) is 1. The van der Waals surface area contributed by atoms with Gasteiger partial charge in [-0.15, -0.1) is 0 Å². The predicted molar refractivity (Wildman–Crippen MR) is 411 cm³/mol. The second kappa shape index (κ2) is 32.9. The number of hydrogen-bond donors (Lipinski definition) is 8. The summed E-state index contributed by atoms with van der Waals surface area (Å²) in [5.74, 6) is 1.11. The highest BCUT2D eigenvalue weighted by atomic mass is 32.1. The quantitative estimate of drug-likeness (QED) is 0.0371. The summed E-state index contributed by atoms with van der Waals surface area (Å²) in [6.45, 7) is 18.9. The first-order chi connectivity index (χ1) is 48.1. The Morgan fingerprint density at radius 3 is 1.45 bits per heavy atom. The molecule has 0 bridgehead atoms. The van der Waals surface area contributed by atoms with E-state index in [-0.39, 0.29) is 11.8 Å². The molecule has 10 heterocycles. The number of nitrogens with zero attached hydrogens (tertiary/aromatic N) is 12. The summed E-state index contributed by atoms with van der Waals surface area (Å²) in [5, 5.41) is 25.7. The molecular weight excluding hydrogens is 1310 g/mol. The van der Waals surface area contributed by atoms with Crippen molar-refractivity contribution in [3.63, 3.8) is 0 Å². The maximum atomic E-state index is 12.6. The molecule has 516 valence electrons. The standard InChI is InChI=1S/C26H29N7O2S.C24H27N7OS.C24H28N6S/c1-16-3-4-19-22(13-16)30-23(36)14-18-15-28-26(32-24(18)19)31-20-5-6-21(29-17(20)2)25(34)27-7-8-33-9-11-35-12-10-33;1-14-5-6-17-20(11-14)28-21(33)12-16-13-26-24(30-22(16)17)29-18-7-8-19(27-15(18)2)23(32)25-9-10-31(3)4;1-15-7-8-20-19(10-15)23-18(12-22(31)27-20)14-26-24(29-23)28-21-11-17(13-25-16(21)2)6-5-9-30(3)4/h3-6,13,15H,7-12,14H2,1-2H3,(H,27,34)(H,30,36)(H,28,31,32);5-8,11,13H,9-10,12H2,1-4H3,(H,25,32)(H,28,33)(H,26,29,30);7-8,10-11,13-14H,5-6,9,12H2,1-4H3,(H,27,31)(H,26,28,29). The van der Waals surface area contributed by atoms with Gasteiger partial charge in [-0.3, -0.25) is 19.5 Å². The molecule has 0 radical (unpaired) electrons. The van der Waals surface area contributed by atoms with Gasteiger partial charge >= 0.3 is 0 Å². The lowest BCUT2D eigenvalue weighted by atomic mass is 10.0. The molecular formula is C74H84N20O3S3. The molecule has 100 heavy (non-hydrogen) atoms. The molecule has 4 aliphatic heterocycles. The van der Waals surface area contributed by atoms with E-state index in [2.05, 4.69) is 164 Å². The predicted octanol–water partition coefficient (Wildman–Crippen LogP) is 11.4. The third-order valence-corrected chi connectivity index (χ3v) is 17.8. The number of benzene rings is 3. The second-order valence-electron chi connectivity index (χ2n) is 25.7. The number of likely N-dealkylation sites (N-methyl/N-ethyl adjacent to an activating group) is 1. The third kappa shape index (κ3) is 18.7. The van der Waals surface area contributed by atoms with Gasteiger partial charge in [0.25, 0.3) is 11.8 Å². The van der Waals surface area contributed by atoms with Gasteiger partial charge in [-0.25, -0.2) is 39.9 Å². The summed E-state index contributed by atoms with van der Waals surface area (Å²) < 4.78 is 5.36. The van der Waals surface area contributed by atoms with E-state index in [0.717, 1.165) is 175 Å². The number of carbonyl (C=O) groups excluding carboxylic acids is 2. The third-order valence-electron chi connectivity index (χ3n) is 17.0. The Balaban J connectivity index is 0.000000152. The van der Waals surface area contributed by atoms with Crippen LogP contribution in [0.15, 0.2) is 110 Å². The van der Waals surface area contributed by atoms with Crippen molar-refractivity contribution in [3.05, 3.63) is 177 Å². The number of aryl methyl sites for hydroxylation is 7. The molecule has 8 N–H and O–H groups in total. The molecule has 3 aromatic carbocycles. The van der Waals surface area contributed by atoms with Gasteiger partial charge in [0.2, 0.25) is 17.8 Å². The lowest BCUT2D eigenvalue weighted by molar-refractivity contribution is 0.0383. The Morgan fingerprint density at radius 1 is 0.490 bits per heavy atom. The van der Waals surface area contributed by atoms with Gasteiger partial charge in [0.1, 0.15) is 11.4 Å². The number of thiocarbonyl (C=S) groups is 3. The fourth-order valence-corrected chi connectivity index (χ4v) is 12.5. The maximum Gasteiger partial charge on any atom is 0.269 e. The maximum absolute atomic E-state index is 12.6. The van der Waals surface area contributed by atoms with Crippen LogP contribution in [-0.4, -0.2) is 174 Å². The number of morpholine rings is 1. The first-order valence-corrected chi connectivity index (χ1v) is 34.6. The zero-order valence-electron chi connectivity index (χ0n) is 58.1. The van der Waals surface area contributed by atoms with E-state index in [0.29, 0.717) is 73.0 Å². The van der Waals surface area contributed by atoms with E-state index in [4.69, 9.17) is 56.3 Å². The monoisotopic (exact) mass is 1400 g/mol. The van der Waals surface area contributed by atoms with E-state index >= 15 is 0 Å². The van der Waals surface area contributed by atoms with Crippen molar-refractivity contribution in [2.45, 2.75) is 73.6 Å². The number of fused-ring (bicyclic) bond motifs is 9. The molecule has 26 heteroatoms. The molecule has 4 aliphatic rings. The lowest BCUT2D eigenvalue weighted by Crippen LogP contribution is -2.41. The normalized spacial score (nSPS) is 13.6. The molecule has 1 saturated heterocycles. The Labute approximate surface area is 600 Å². The average Bonchev–Trinajstić information content (AvgIpc) is 1.57. The van der Waals surface area contributed by atoms with Crippen LogP contribution < -0.4 is 42.5 Å². The van der Waals surface area contributed by atoms with Crippen molar-refractivity contribution < 1.29 is 14.3 Å². The van der Waals surface area contributed by atoms with E-state index in [1.165, 1.54) is 11.1 Å². The van der Waals surface area contributed by atoms with Gasteiger partial charge in [-0.2, -0.15) is 0 Å². The summed E-state index contributed by atoms with van der Waals surface area (Å²) in [6.07, 6.45) is 11.3. The van der Waals surface area contributed by atoms with Gasteiger partial charge in [-0.1, -0.05) is 72.5 Å². The van der Waals surface area contributed by atoms with Crippen LogP contribution in [-0.2, 0) is 30.4 Å². The van der Waals surface area contributed by atoms with Crippen LogP contribution >= 0.6 is 36.7 Å². The van der Waals surface area contributed by atoms with E-state index in [1.807, 2.05) is 90.5 Å². The first-order valence-electron chi connectivity index (χ1n) is 33.3. The fourth-order valence-electron chi connectivity index (χ4n) is 11.7. The van der Waals surface area contributed by atoms with Crippen LogP contribution in [0.5, 0.6) is 0 Å². The van der Waals surface area contributed by atoms with E-state index < -0.39 is 0 Å². The summed E-state index contributed by atoms with van der Waals surface area (Å²) >= 11 is 16.5. The van der Waals surface area contributed by atoms with Crippen LogP contribution in [0.4, 0.5) is 52.0 Å². The van der Waals surface area contributed by atoms with Crippen molar-refractivity contribution >= 4 is 115 Å². The number of nitrogens with one attached hydrogen (secondary N) is 8. The number of pyridine rings is 3. The summed E-state index contributed by atoms with van der Waals surface area (Å²) in [4.78, 5) is 75.3. The van der Waals surface area contributed by atoms with Crippen molar-refractivity contribution in [2.75, 3.05) is 119 Å². The SMILES string of the molecule is Cc1ccc2c(c1)-c1nc(Nc3cc(CCCN(C)C)cnc3C)ncc1CC(=S)N2.Cc1ccc2c(c1)NC(=S)Cc1cnc(Nc3ccc(C(=O)NCCN(C)C)nc3C)nc1-2.Cc1ccc2c(c1)NC(=S)Cc1cnc(Nc3ccc(C(=O)NCCN4CCOCC4)nc3C)nc1-2. The van der Waals surface area contributed by atoms with Crippen molar-refractivity contribution in [2.24, 2.45) is 0 Å². The van der Waals surface area contributed by atoms with Crippen molar-refractivity contribution in [1.82, 2.24) is 70.2 Å². The molecule has 13 rings (SSSR count). The van der Waals surface area contributed by atoms with Crippen molar-refractivity contribution in [3.8, 4) is 33.8 Å². The molecule has 0 saturated carbocycles. The van der Waals surface area contributed by atoms with Gasteiger partial charge in [0.05, 0.1) is 79.4 Å². The zero-order valence-corrected chi connectivity index (χ0v) is 60.6. The zero-order chi connectivity index (χ0) is 70.6. The molecule has 0 unspecified atom stereocenters. The number of anilines is 9. The first kappa shape index (κ1) is 71.5. The van der Waals surface area contributed by atoms with E-state index in [9.17, 15) is 9.59 Å². The number of aromatic nitrogens is 9. The molecule has 9 aromatic rings. The fraction of sp³-hybridized carbons (Fsp3) is 0.324. The Kier molecular flexibility index (Phi) is 23.5. The number of hydrogen-bond acceptors (Lipinski definition) is 21.